The van der Waals surface area contributed by atoms with Crippen molar-refractivity contribution in [3.63, 3.8) is 0 Å². The number of carbonyl (C=O) groups is 1. The third-order valence-corrected chi connectivity index (χ3v) is 5.06. The topological polar surface area (TPSA) is 70.2 Å². The van der Waals surface area contributed by atoms with E-state index >= 15 is 0 Å². The molecular formula is C21H29N5O. The standard InChI is InChI=1S/C21H29N5O/c1-4-26(5-2)19-14-15(3)22-21(25-19)24-18-12-10-17(11-13-18)23-20(27)16-8-6-7-9-16/h10-14,16H,4-9H2,1-3H3,(H,23,27)(H,22,24,25). The molecule has 1 fully saturated rings. The van der Waals surface area contributed by atoms with Gasteiger partial charge in [-0.05, 0) is 57.9 Å². The second-order valence-corrected chi connectivity index (χ2v) is 7.04. The summed E-state index contributed by atoms with van der Waals surface area (Å²) in [5.74, 6) is 1.82. The second-order valence-electron chi connectivity index (χ2n) is 7.04. The summed E-state index contributed by atoms with van der Waals surface area (Å²) < 4.78 is 0. The maximum Gasteiger partial charge on any atom is 0.229 e. The molecule has 27 heavy (non-hydrogen) atoms. The van der Waals surface area contributed by atoms with Crippen molar-refractivity contribution in [2.45, 2.75) is 46.5 Å². The quantitative estimate of drug-likeness (QED) is 0.754. The molecule has 1 amide bonds. The Morgan fingerprint density at radius 1 is 1.07 bits per heavy atom. The van der Waals surface area contributed by atoms with Crippen molar-refractivity contribution < 1.29 is 4.79 Å². The highest BCUT2D eigenvalue weighted by Gasteiger charge is 2.22. The highest BCUT2D eigenvalue weighted by Crippen LogP contribution is 2.26. The van der Waals surface area contributed by atoms with Crippen molar-refractivity contribution in [2.75, 3.05) is 28.6 Å². The summed E-state index contributed by atoms with van der Waals surface area (Å²) >= 11 is 0. The molecule has 0 unspecified atom stereocenters. The van der Waals surface area contributed by atoms with Crippen LogP contribution in [0.2, 0.25) is 0 Å². The summed E-state index contributed by atoms with van der Waals surface area (Å²) in [6, 6.07) is 9.70. The largest absolute Gasteiger partial charge is 0.357 e. The number of rotatable bonds is 7. The molecule has 0 saturated heterocycles. The van der Waals surface area contributed by atoms with Crippen LogP contribution in [0.5, 0.6) is 0 Å². The number of nitrogens with one attached hydrogen (secondary N) is 2. The fourth-order valence-corrected chi connectivity index (χ4v) is 3.52. The Hall–Kier alpha value is -2.63. The lowest BCUT2D eigenvalue weighted by molar-refractivity contribution is -0.119. The fourth-order valence-electron chi connectivity index (χ4n) is 3.52. The zero-order chi connectivity index (χ0) is 19.2. The van der Waals surface area contributed by atoms with Crippen molar-refractivity contribution in [2.24, 2.45) is 5.92 Å². The predicted molar refractivity (Wildman–Crippen MR) is 111 cm³/mol. The Kier molecular flexibility index (Phi) is 6.27. The molecule has 1 saturated carbocycles. The van der Waals surface area contributed by atoms with Crippen LogP contribution in [0.25, 0.3) is 0 Å². The van der Waals surface area contributed by atoms with Gasteiger partial charge >= 0.3 is 0 Å². The van der Waals surface area contributed by atoms with Crippen LogP contribution in [0.4, 0.5) is 23.1 Å². The Bertz CT molecular complexity index is 765. The van der Waals surface area contributed by atoms with Crippen molar-refractivity contribution in [3.05, 3.63) is 36.0 Å². The van der Waals surface area contributed by atoms with Crippen LogP contribution in [0.1, 0.15) is 45.2 Å². The van der Waals surface area contributed by atoms with E-state index < -0.39 is 0 Å². The molecule has 1 aliphatic carbocycles. The van der Waals surface area contributed by atoms with Gasteiger partial charge in [0.2, 0.25) is 11.9 Å². The van der Waals surface area contributed by atoms with E-state index in [1.54, 1.807) is 0 Å². The molecule has 0 spiro atoms. The maximum absolute atomic E-state index is 12.2. The van der Waals surface area contributed by atoms with E-state index in [9.17, 15) is 4.79 Å². The van der Waals surface area contributed by atoms with Gasteiger partial charge in [0.1, 0.15) is 5.82 Å². The average Bonchev–Trinajstić information content (AvgIpc) is 3.19. The van der Waals surface area contributed by atoms with Gasteiger partial charge in [-0.15, -0.1) is 0 Å². The molecule has 3 rings (SSSR count). The van der Waals surface area contributed by atoms with Crippen LogP contribution in [-0.2, 0) is 4.79 Å². The number of aromatic nitrogens is 2. The minimum absolute atomic E-state index is 0.138. The first-order valence-corrected chi connectivity index (χ1v) is 9.87. The van der Waals surface area contributed by atoms with Crippen molar-refractivity contribution in [3.8, 4) is 0 Å². The van der Waals surface area contributed by atoms with Crippen molar-refractivity contribution in [1.29, 1.82) is 0 Å². The first-order chi connectivity index (χ1) is 13.1. The third-order valence-electron chi connectivity index (χ3n) is 5.06. The highest BCUT2D eigenvalue weighted by atomic mass is 16.1. The van der Waals surface area contributed by atoms with Crippen LogP contribution >= 0.6 is 0 Å². The molecule has 0 bridgehead atoms. The fraction of sp³-hybridized carbons (Fsp3) is 0.476. The molecule has 1 heterocycles. The molecule has 6 heteroatoms. The van der Waals surface area contributed by atoms with Gasteiger partial charge in [0.05, 0.1) is 0 Å². The monoisotopic (exact) mass is 367 g/mol. The van der Waals surface area contributed by atoms with Crippen LogP contribution in [0.15, 0.2) is 30.3 Å². The summed E-state index contributed by atoms with van der Waals surface area (Å²) in [7, 11) is 0. The van der Waals surface area contributed by atoms with E-state index in [1.165, 1.54) is 0 Å². The Labute approximate surface area is 161 Å². The minimum Gasteiger partial charge on any atom is -0.357 e. The first kappa shape index (κ1) is 19.1. The zero-order valence-electron chi connectivity index (χ0n) is 16.5. The van der Waals surface area contributed by atoms with Gasteiger partial charge < -0.3 is 15.5 Å². The normalized spacial score (nSPS) is 14.2. The van der Waals surface area contributed by atoms with Gasteiger partial charge in [0.25, 0.3) is 0 Å². The molecule has 0 atom stereocenters. The van der Waals surface area contributed by atoms with Crippen LogP contribution < -0.4 is 15.5 Å². The van der Waals surface area contributed by atoms with Gasteiger partial charge in [0.15, 0.2) is 0 Å². The molecule has 0 radical (unpaired) electrons. The maximum atomic E-state index is 12.2. The van der Waals surface area contributed by atoms with Gasteiger partial charge in [0, 0.05) is 42.1 Å². The molecule has 6 nitrogen and oxygen atoms in total. The molecule has 1 aliphatic rings. The summed E-state index contributed by atoms with van der Waals surface area (Å²) in [6.45, 7) is 8.02. The van der Waals surface area contributed by atoms with E-state index in [4.69, 9.17) is 0 Å². The van der Waals surface area contributed by atoms with Crippen LogP contribution in [0, 0.1) is 12.8 Å². The molecule has 2 N–H and O–H groups in total. The number of amides is 1. The minimum atomic E-state index is 0.138. The third kappa shape index (κ3) is 4.96. The lowest BCUT2D eigenvalue weighted by Crippen LogP contribution is -2.23. The van der Waals surface area contributed by atoms with Gasteiger partial charge in [-0.2, -0.15) is 4.98 Å². The number of anilines is 4. The van der Waals surface area contributed by atoms with Gasteiger partial charge in [-0.1, -0.05) is 12.8 Å². The number of carbonyl (C=O) groups excluding carboxylic acids is 1. The molecule has 0 aliphatic heterocycles. The number of aryl methyl sites for hydroxylation is 1. The SMILES string of the molecule is CCN(CC)c1cc(C)nc(Nc2ccc(NC(=O)C3CCCC3)cc2)n1. The molecule has 144 valence electrons. The predicted octanol–water partition coefficient (Wildman–Crippen LogP) is 4.50. The van der Waals surface area contributed by atoms with E-state index in [0.29, 0.717) is 5.95 Å². The number of nitrogens with zero attached hydrogens (tertiary/aromatic N) is 3. The van der Waals surface area contributed by atoms with E-state index in [2.05, 4.69) is 39.3 Å². The average molecular weight is 367 g/mol. The Balaban J connectivity index is 1.66. The number of benzene rings is 1. The second kappa shape index (κ2) is 8.84. The lowest BCUT2D eigenvalue weighted by atomic mass is 10.1. The number of hydrogen-bond donors (Lipinski definition) is 2. The summed E-state index contributed by atoms with van der Waals surface area (Å²) in [5, 5.41) is 6.28. The van der Waals surface area contributed by atoms with E-state index in [1.807, 2.05) is 37.3 Å². The summed E-state index contributed by atoms with van der Waals surface area (Å²) in [6.07, 6.45) is 4.33. The van der Waals surface area contributed by atoms with Crippen molar-refractivity contribution >= 4 is 29.0 Å². The highest BCUT2D eigenvalue weighted by molar-refractivity contribution is 5.92. The van der Waals surface area contributed by atoms with Crippen LogP contribution in [0.3, 0.4) is 0 Å². The summed E-state index contributed by atoms with van der Waals surface area (Å²) in [4.78, 5) is 23.5. The molecule has 1 aromatic carbocycles. The van der Waals surface area contributed by atoms with E-state index in [-0.39, 0.29) is 11.8 Å². The molecular weight excluding hydrogens is 338 g/mol. The van der Waals surface area contributed by atoms with Gasteiger partial charge in [-0.3, -0.25) is 4.79 Å². The summed E-state index contributed by atoms with van der Waals surface area (Å²) in [5.41, 5.74) is 2.64. The lowest BCUT2D eigenvalue weighted by Gasteiger charge is -2.20. The molecule has 1 aromatic heterocycles. The Morgan fingerprint density at radius 3 is 2.33 bits per heavy atom. The Morgan fingerprint density at radius 2 is 1.70 bits per heavy atom. The number of hydrogen-bond acceptors (Lipinski definition) is 5. The van der Waals surface area contributed by atoms with E-state index in [0.717, 1.165) is 61.7 Å². The molecule has 2 aromatic rings. The zero-order valence-corrected chi connectivity index (χ0v) is 16.5. The first-order valence-electron chi connectivity index (χ1n) is 9.87. The van der Waals surface area contributed by atoms with Gasteiger partial charge in [-0.25, -0.2) is 4.98 Å². The van der Waals surface area contributed by atoms with Crippen molar-refractivity contribution in [1.82, 2.24) is 9.97 Å². The van der Waals surface area contributed by atoms with Crippen LogP contribution in [-0.4, -0.2) is 29.0 Å². The smallest absolute Gasteiger partial charge is 0.229 e.